The fraction of sp³-hybridized carbons (Fsp3) is 0.235. The number of phenolic OH excluding ortho intramolecular Hbond substituents is 1. The molecule has 0 saturated carbocycles. The van der Waals surface area contributed by atoms with E-state index in [2.05, 4.69) is 0 Å². The third kappa shape index (κ3) is 4.06. The van der Waals surface area contributed by atoms with Crippen LogP contribution < -0.4 is 5.73 Å². The summed E-state index contributed by atoms with van der Waals surface area (Å²) in [6.07, 6.45) is -1.32. The quantitative estimate of drug-likeness (QED) is 0.734. The van der Waals surface area contributed by atoms with E-state index in [4.69, 9.17) is 10.5 Å². The number of esters is 1. The van der Waals surface area contributed by atoms with E-state index < -0.39 is 23.6 Å². The zero-order valence-electron chi connectivity index (χ0n) is 12.6. The van der Waals surface area contributed by atoms with Crippen molar-refractivity contribution in [1.29, 1.82) is 0 Å². The van der Waals surface area contributed by atoms with Crippen LogP contribution in [0.2, 0.25) is 0 Å². The Balaban J connectivity index is 2.28. The van der Waals surface area contributed by atoms with Crippen LogP contribution in [0.4, 0.5) is 4.39 Å². The number of aromatic hydroxyl groups is 1. The van der Waals surface area contributed by atoms with E-state index in [9.17, 15) is 19.4 Å². The Kier molecular flexibility index (Phi) is 5.31. The molecule has 0 amide bonds. The zero-order chi connectivity index (χ0) is 17.0. The van der Waals surface area contributed by atoms with Gasteiger partial charge >= 0.3 is 5.97 Å². The molecule has 0 aliphatic carbocycles. The van der Waals surface area contributed by atoms with E-state index in [-0.39, 0.29) is 12.2 Å². The molecule has 1 unspecified atom stereocenters. The summed E-state index contributed by atoms with van der Waals surface area (Å²) in [5.41, 5.74) is 6.89. The first-order chi connectivity index (χ1) is 10.9. The van der Waals surface area contributed by atoms with Gasteiger partial charge in [0.25, 0.3) is 0 Å². The van der Waals surface area contributed by atoms with Crippen LogP contribution in [0.25, 0.3) is 0 Å². The molecule has 23 heavy (non-hydrogen) atoms. The molecule has 1 atom stereocenters. The van der Waals surface area contributed by atoms with Gasteiger partial charge in [-0.25, -0.2) is 4.39 Å². The van der Waals surface area contributed by atoms with E-state index in [1.807, 2.05) is 0 Å². The van der Waals surface area contributed by atoms with Crippen molar-refractivity contribution in [3.8, 4) is 5.75 Å². The van der Waals surface area contributed by atoms with Crippen molar-refractivity contribution >= 4 is 5.97 Å². The molecule has 0 spiro atoms. The lowest BCUT2D eigenvalue weighted by atomic mass is 9.98. The molecule has 5 nitrogen and oxygen atoms in total. The van der Waals surface area contributed by atoms with Gasteiger partial charge in [0.1, 0.15) is 24.3 Å². The van der Waals surface area contributed by atoms with E-state index in [0.717, 1.165) is 11.6 Å². The summed E-state index contributed by atoms with van der Waals surface area (Å²) in [5.74, 6) is -1.68. The average molecular weight is 319 g/mol. The minimum absolute atomic E-state index is 0.151. The maximum Gasteiger partial charge on any atom is 0.302 e. The summed E-state index contributed by atoms with van der Waals surface area (Å²) in [6.45, 7) is 1.45. The van der Waals surface area contributed by atoms with Gasteiger partial charge in [-0.2, -0.15) is 0 Å². The van der Waals surface area contributed by atoms with E-state index in [1.165, 1.54) is 13.0 Å². The monoisotopic (exact) mass is 319 g/mol. The first-order valence-corrected chi connectivity index (χ1v) is 7.04. The summed E-state index contributed by atoms with van der Waals surface area (Å²) in [6, 6.07) is 9.08. The third-order valence-electron chi connectivity index (χ3n) is 3.41. The van der Waals surface area contributed by atoms with Crippen LogP contribution in [0, 0.1) is 5.82 Å². The molecule has 0 aliphatic heterocycles. The van der Waals surface area contributed by atoms with Crippen LogP contribution >= 0.6 is 0 Å². The average Bonchev–Trinajstić information content (AvgIpc) is 2.52. The highest BCUT2D eigenvalue weighted by atomic mass is 19.1. The highest BCUT2D eigenvalue weighted by Gasteiger charge is 2.20. The SMILES string of the molecule is CC(=O)OCc1cc(O)c(C(O)c2ccc(CN)cc2)c(F)c1. The summed E-state index contributed by atoms with van der Waals surface area (Å²) >= 11 is 0. The molecule has 0 fully saturated rings. The summed E-state index contributed by atoms with van der Waals surface area (Å²) in [4.78, 5) is 10.8. The Bertz CT molecular complexity index is 677. The van der Waals surface area contributed by atoms with Crippen LogP contribution in [0.3, 0.4) is 0 Å². The number of aliphatic hydroxyl groups is 1. The molecule has 4 N–H and O–H groups in total. The summed E-state index contributed by atoms with van der Waals surface area (Å²) < 4.78 is 19.0. The predicted octanol–water partition coefficient (Wildman–Crippen LogP) is 2.13. The number of rotatable bonds is 5. The van der Waals surface area contributed by atoms with Gasteiger partial charge in [0.15, 0.2) is 0 Å². The predicted molar refractivity (Wildman–Crippen MR) is 81.9 cm³/mol. The van der Waals surface area contributed by atoms with Crippen molar-refractivity contribution in [1.82, 2.24) is 0 Å². The molecule has 0 heterocycles. The second-order valence-corrected chi connectivity index (χ2v) is 5.14. The van der Waals surface area contributed by atoms with Crippen LogP contribution in [-0.4, -0.2) is 16.2 Å². The molecular formula is C17H18FNO4. The number of halogens is 1. The van der Waals surface area contributed by atoms with E-state index in [0.29, 0.717) is 17.7 Å². The fourth-order valence-electron chi connectivity index (χ4n) is 2.20. The number of ether oxygens (including phenoxy) is 1. The van der Waals surface area contributed by atoms with Crippen molar-refractivity contribution < 1.29 is 24.1 Å². The van der Waals surface area contributed by atoms with Crippen LogP contribution in [0.1, 0.15) is 35.3 Å². The van der Waals surface area contributed by atoms with Gasteiger partial charge in [0, 0.05) is 13.5 Å². The van der Waals surface area contributed by atoms with Crippen molar-refractivity contribution in [2.45, 2.75) is 26.2 Å². The molecule has 0 bridgehead atoms. The van der Waals surface area contributed by atoms with Crippen molar-refractivity contribution in [2.24, 2.45) is 5.73 Å². The highest BCUT2D eigenvalue weighted by Crippen LogP contribution is 2.33. The molecule has 0 aliphatic rings. The molecule has 0 radical (unpaired) electrons. The second-order valence-electron chi connectivity index (χ2n) is 5.14. The molecule has 122 valence electrons. The van der Waals surface area contributed by atoms with Gasteiger partial charge in [-0.1, -0.05) is 24.3 Å². The maximum absolute atomic E-state index is 14.2. The van der Waals surface area contributed by atoms with Gasteiger partial charge in [0.05, 0.1) is 5.56 Å². The Hall–Kier alpha value is -2.44. The smallest absolute Gasteiger partial charge is 0.302 e. The van der Waals surface area contributed by atoms with E-state index in [1.54, 1.807) is 24.3 Å². The highest BCUT2D eigenvalue weighted by molar-refractivity contribution is 5.66. The van der Waals surface area contributed by atoms with Crippen LogP contribution in [0.5, 0.6) is 5.75 Å². The zero-order valence-corrected chi connectivity index (χ0v) is 12.6. The first kappa shape index (κ1) is 16.9. The van der Waals surface area contributed by atoms with Crippen LogP contribution in [0.15, 0.2) is 36.4 Å². The first-order valence-electron chi connectivity index (χ1n) is 7.04. The fourth-order valence-corrected chi connectivity index (χ4v) is 2.20. The van der Waals surface area contributed by atoms with Crippen LogP contribution in [-0.2, 0) is 22.7 Å². The maximum atomic E-state index is 14.2. The van der Waals surface area contributed by atoms with Crippen molar-refractivity contribution in [3.63, 3.8) is 0 Å². The molecule has 0 aromatic heterocycles. The Labute approximate surface area is 133 Å². The lowest BCUT2D eigenvalue weighted by molar-refractivity contribution is -0.142. The molecule has 6 heteroatoms. The normalized spacial score (nSPS) is 12.0. The van der Waals surface area contributed by atoms with E-state index >= 15 is 0 Å². The number of phenols is 1. The number of nitrogens with two attached hydrogens (primary N) is 1. The summed E-state index contributed by atoms with van der Waals surface area (Å²) in [7, 11) is 0. The van der Waals surface area contributed by atoms with Gasteiger partial charge < -0.3 is 20.7 Å². The number of hydrogen-bond acceptors (Lipinski definition) is 5. The number of aliphatic hydroxyl groups excluding tert-OH is 1. The Morgan fingerprint density at radius 3 is 2.43 bits per heavy atom. The molecular weight excluding hydrogens is 301 g/mol. The topological polar surface area (TPSA) is 92.8 Å². The lowest BCUT2D eigenvalue weighted by Crippen LogP contribution is -2.06. The molecule has 2 aromatic rings. The van der Waals surface area contributed by atoms with Crippen molar-refractivity contribution in [3.05, 3.63) is 64.5 Å². The minimum atomic E-state index is -1.32. The molecule has 2 rings (SSSR count). The largest absolute Gasteiger partial charge is 0.507 e. The Morgan fingerprint density at radius 1 is 1.26 bits per heavy atom. The Morgan fingerprint density at radius 2 is 1.91 bits per heavy atom. The van der Waals surface area contributed by atoms with Gasteiger partial charge in [-0.05, 0) is 28.8 Å². The molecule has 2 aromatic carbocycles. The number of hydrogen-bond donors (Lipinski definition) is 3. The number of carbonyl (C=O) groups excluding carboxylic acids is 1. The summed E-state index contributed by atoms with van der Waals surface area (Å²) in [5, 5.41) is 20.3. The second kappa shape index (κ2) is 7.21. The lowest BCUT2D eigenvalue weighted by Gasteiger charge is -2.16. The minimum Gasteiger partial charge on any atom is -0.507 e. The standard InChI is InChI=1S/C17H18FNO4/c1-10(20)23-9-12-6-14(18)16(15(21)7-12)17(22)13-4-2-11(8-19)3-5-13/h2-7,17,21-22H,8-9,19H2,1H3. The number of carbonyl (C=O) groups is 1. The van der Waals surface area contributed by atoms with Crippen molar-refractivity contribution in [2.75, 3.05) is 0 Å². The number of benzene rings is 2. The third-order valence-corrected chi connectivity index (χ3v) is 3.41. The van der Waals surface area contributed by atoms with Gasteiger partial charge in [0.2, 0.25) is 0 Å². The molecule has 0 saturated heterocycles. The van der Waals surface area contributed by atoms with Gasteiger partial charge in [-0.15, -0.1) is 0 Å². The van der Waals surface area contributed by atoms with Gasteiger partial charge in [-0.3, -0.25) is 4.79 Å².